The summed E-state index contributed by atoms with van der Waals surface area (Å²) >= 11 is 6.50. The normalized spacial score (nSPS) is 18.9. The van der Waals surface area contributed by atoms with Crippen molar-refractivity contribution < 1.29 is 19.4 Å². The molecule has 3 aromatic rings. The van der Waals surface area contributed by atoms with Gasteiger partial charge in [0.2, 0.25) is 11.9 Å². The van der Waals surface area contributed by atoms with Crippen LogP contribution in [-0.4, -0.2) is 107 Å². The first kappa shape index (κ1) is 31.2. The minimum atomic E-state index is -0.765. The summed E-state index contributed by atoms with van der Waals surface area (Å²) in [5.74, 6) is 0.694. The molecule has 2 unspecified atom stereocenters. The number of anilines is 2. The molecule has 1 aromatic carbocycles. The summed E-state index contributed by atoms with van der Waals surface area (Å²) in [7, 11) is 2.10. The number of ether oxygens (including phenoxy) is 1. The summed E-state index contributed by atoms with van der Waals surface area (Å²) in [6, 6.07) is 8.08. The van der Waals surface area contributed by atoms with E-state index in [0.717, 1.165) is 56.0 Å². The van der Waals surface area contributed by atoms with Crippen molar-refractivity contribution in [3.8, 4) is 11.3 Å². The number of halogens is 1. The summed E-state index contributed by atoms with van der Waals surface area (Å²) in [5, 5.41) is 16.9. The van der Waals surface area contributed by atoms with Gasteiger partial charge < -0.3 is 35.2 Å². The smallest absolute Gasteiger partial charge is 0.255 e. The molecule has 3 aliphatic rings. The van der Waals surface area contributed by atoms with Gasteiger partial charge in [0.05, 0.1) is 29.6 Å². The Balaban J connectivity index is 1.13. The van der Waals surface area contributed by atoms with Gasteiger partial charge in [-0.05, 0) is 56.1 Å². The van der Waals surface area contributed by atoms with E-state index < -0.39 is 12.1 Å². The van der Waals surface area contributed by atoms with Crippen LogP contribution in [-0.2, 0) is 16.1 Å². The van der Waals surface area contributed by atoms with Crippen LogP contribution in [0.4, 0.5) is 11.8 Å². The maximum Gasteiger partial charge on any atom is 0.255 e. The lowest BCUT2D eigenvalue weighted by Crippen LogP contribution is -2.47. The number of fused-ring (bicyclic) bond motifs is 1. The maximum absolute atomic E-state index is 13.6. The molecule has 5 heterocycles. The van der Waals surface area contributed by atoms with Crippen molar-refractivity contribution in [3.63, 3.8) is 0 Å². The van der Waals surface area contributed by atoms with Crippen LogP contribution in [0.25, 0.3) is 11.3 Å². The lowest BCUT2D eigenvalue weighted by atomic mass is 10.0. The Kier molecular flexibility index (Phi) is 9.45. The first-order valence-electron chi connectivity index (χ1n) is 15.4. The van der Waals surface area contributed by atoms with Crippen molar-refractivity contribution >= 4 is 35.2 Å². The molecule has 45 heavy (non-hydrogen) atoms. The summed E-state index contributed by atoms with van der Waals surface area (Å²) in [5.41, 5.74) is 3.30. The fourth-order valence-corrected chi connectivity index (χ4v) is 6.17. The van der Waals surface area contributed by atoms with Crippen molar-refractivity contribution in [2.45, 2.75) is 44.4 Å². The van der Waals surface area contributed by atoms with Gasteiger partial charge in [-0.1, -0.05) is 23.7 Å². The van der Waals surface area contributed by atoms with Crippen LogP contribution >= 0.6 is 11.6 Å². The molecule has 2 saturated heterocycles. The highest BCUT2D eigenvalue weighted by Gasteiger charge is 2.35. The van der Waals surface area contributed by atoms with Crippen LogP contribution in [0.5, 0.6) is 0 Å². The molecule has 0 spiro atoms. The van der Waals surface area contributed by atoms with Crippen LogP contribution in [0, 0.1) is 0 Å². The number of benzene rings is 1. The molecule has 2 atom stereocenters. The minimum absolute atomic E-state index is 0.221. The number of aromatic nitrogens is 3. The molecule has 0 radical (unpaired) electrons. The van der Waals surface area contributed by atoms with Gasteiger partial charge in [-0.3, -0.25) is 9.59 Å². The molecule has 2 amide bonds. The largest absolute Gasteiger partial charge is 0.394 e. The quantitative estimate of drug-likeness (QED) is 0.322. The molecule has 0 saturated carbocycles. The molecule has 0 aliphatic carbocycles. The van der Waals surface area contributed by atoms with Gasteiger partial charge in [0.25, 0.3) is 5.91 Å². The van der Waals surface area contributed by atoms with E-state index in [2.05, 4.69) is 42.4 Å². The van der Waals surface area contributed by atoms with Crippen LogP contribution in [0.1, 0.15) is 47.3 Å². The zero-order valence-corrected chi connectivity index (χ0v) is 26.3. The van der Waals surface area contributed by atoms with Gasteiger partial charge in [0.15, 0.2) is 0 Å². The van der Waals surface area contributed by atoms with Crippen LogP contribution < -0.4 is 15.5 Å². The number of amides is 2. The molecule has 3 aliphatic heterocycles. The third-order valence-corrected chi connectivity index (χ3v) is 9.14. The summed E-state index contributed by atoms with van der Waals surface area (Å²) < 4.78 is 5.44. The van der Waals surface area contributed by atoms with Crippen molar-refractivity contribution in [1.82, 2.24) is 30.1 Å². The van der Waals surface area contributed by atoms with E-state index >= 15 is 0 Å². The number of nitrogens with one attached hydrogen (secondary N) is 2. The molecule has 238 valence electrons. The number of pyridine rings is 1. The molecular formula is C32H39ClN8O4. The number of likely N-dealkylation sites (N-methyl/N-ethyl adjacent to an activating group) is 1. The average molecular weight is 635 g/mol. The second kappa shape index (κ2) is 13.7. The number of hydrogen-bond donors (Lipinski definition) is 3. The fourth-order valence-electron chi connectivity index (χ4n) is 5.97. The Hall–Kier alpha value is -3.84. The molecule has 2 fully saturated rings. The van der Waals surface area contributed by atoms with E-state index in [0.29, 0.717) is 47.6 Å². The Morgan fingerprint density at radius 2 is 1.91 bits per heavy atom. The molecule has 12 nitrogen and oxygen atoms in total. The average Bonchev–Trinajstić information content (AvgIpc) is 3.40. The van der Waals surface area contributed by atoms with Gasteiger partial charge in [-0.25, -0.2) is 15.0 Å². The van der Waals surface area contributed by atoms with Crippen molar-refractivity contribution in [2.24, 2.45) is 0 Å². The maximum atomic E-state index is 13.6. The van der Waals surface area contributed by atoms with Gasteiger partial charge in [0.1, 0.15) is 11.9 Å². The molecule has 2 aromatic heterocycles. The second-order valence-electron chi connectivity index (χ2n) is 11.9. The van der Waals surface area contributed by atoms with E-state index in [1.165, 1.54) is 0 Å². The molecular weight excluding hydrogens is 596 g/mol. The third kappa shape index (κ3) is 6.89. The predicted molar refractivity (Wildman–Crippen MR) is 171 cm³/mol. The predicted octanol–water partition coefficient (Wildman–Crippen LogP) is 2.73. The highest BCUT2D eigenvalue weighted by molar-refractivity contribution is 6.33. The number of carbonyl (C=O) groups is 2. The lowest BCUT2D eigenvalue weighted by molar-refractivity contribution is -0.126. The Bertz CT molecular complexity index is 1540. The number of carbonyl (C=O) groups excluding carboxylic acids is 2. The number of rotatable bonds is 9. The van der Waals surface area contributed by atoms with E-state index in [9.17, 15) is 14.7 Å². The van der Waals surface area contributed by atoms with Crippen molar-refractivity contribution in [3.05, 3.63) is 64.4 Å². The van der Waals surface area contributed by atoms with Crippen LogP contribution in [0.15, 0.2) is 42.7 Å². The number of nitrogens with zero attached hydrogens (tertiary/aromatic N) is 6. The van der Waals surface area contributed by atoms with Gasteiger partial charge in [-0.2, -0.15) is 0 Å². The Morgan fingerprint density at radius 1 is 1.13 bits per heavy atom. The highest BCUT2D eigenvalue weighted by Crippen LogP contribution is 2.32. The fraction of sp³-hybridized carbons (Fsp3) is 0.469. The van der Waals surface area contributed by atoms with E-state index in [4.69, 9.17) is 16.3 Å². The Labute approximate surface area is 267 Å². The minimum Gasteiger partial charge on any atom is -0.394 e. The zero-order chi connectivity index (χ0) is 31.5. The zero-order valence-electron chi connectivity index (χ0n) is 25.6. The second-order valence-corrected chi connectivity index (χ2v) is 12.3. The molecule has 6 rings (SSSR count). The number of aliphatic hydroxyl groups is 1. The summed E-state index contributed by atoms with van der Waals surface area (Å²) in [6.07, 6.45) is 5.01. The lowest BCUT2D eigenvalue weighted by Gasteiger charge is -2.33. The van der Waals surface area contributed by atoms with Gasteiger partial charge in [0, 0.05) is 69.3 Å². The van der Waals surface area contributed by atoms with Crippen molar-refractivity contribution in [2.75, 3.05) is 63.3 Å². The first-order valence-corrected chi connectivity index (χ1v) is 15.8. The SMILES string of the molecule is CC(C(=O)NC(CO)c1ccnc(N2CCN(C)CC2)c1)N1Cc2ccc(-c3nc(NC4CCOCC4)ncc3Cl)cc2C1=O. The number of hydrogen-bond acceptors (Lipinski definition) is 10. The van der Waals surface area contributed by atoms with E-state index in [1.54, 1.807) is 36.4 Å². The van der Waals surface area contributed by atoms with Gasteiger partial charge >= 0.3 is 0 Å². The summed E-state index contributed by atoms with van der Waals surface area (Å²) in [4.78, 5) is 46.6. The van der Waals surface area contributed by atoms with Crippen molar-refractivity contribution in [1.29, 1.82) is 0 Å². The highest BCUT2D eigenvalue weighted by atomic mass is 35.5. The first-order chi connectivity index (χ1) is 21.8. The number of aliphatic hydroxyl groups excluding tert-OH is 1. The van der Waals surface area contributed by atoms with Gasteiger partial charge in [-0.15, -0.1) is 0 Å². The van der Waals surface area contributed by atoms with E-state index in [1.807, 2.05) is 18.2 Å². The summed E-state index contributed by atoms with van der Waals surface area (Å²) in [6.45, 7) is 6.70. The molecule has 0 bridgehead atoms. The van der Waals surface area contributed by atoms with E-state index in [-0.39, 0.29) is 24.5 Å². The van der Waals surface area contributed by atoms with Crippen LogP contribution in [0.2, 0.25) is 5.02 Å². The third-order valence-electron chi connectivity index (χ3n) is 8.86. The Morgan fingerprint density at radius 3 is 2.67 bits per heavy atom. The molecule has 13 heteroatoms. The molecule has 3 N–H and O–H groups in total. The topological polar surface area (TPSA) is 136 Å². The van der Waals surface area contributed by atoms with Crippen LogP contribution in [0.3, 0.4) is 0 Å². The standard InChI is InChI=1S/C32H39ClN8O4/c1-20(30(43)37-27(19-42)21-5-8-34-28(16-21)40-11-9-39(2)10-12-40)41-18-23-4-3-22(15-25(23)31(41)44)29-26(33)17-35-32(38-29)36-24-6-13-45-14-7-24/h3-5,8,15-17,20,24,27,42H,6-7,9-14,18-19H2,1-2H3,(H,37,43)(H,35,36,38). The number of piperazine rings is 1. The monoisotopic (exact) mass is 634 g/mol.